The van der Waals surface area contributed by atoms with Gasteiger partial charge in [-0.1, -0.05) is 178 Å². The third-order valence-corrected chi connectivity index (χ3v) is 12.6. The largest absolute Gasteiger partial charge is 0.227 e. The Kier molecular flexibility index (Phi) is 6.72. The van der Waals surface area contributed by atoms with Crippen LogP contribution in [0.4, 0.5) is 0 Å². The highest BCUT2D eigenvalue weighted by Gasteiger charge is 2.35. The van der Waals surface area contributed by atoms with E-state index >= 15 is 0 Å². The van der Waals surface area contributed by atoms with Gasteiger partial charge in [-0.2, -0.15) is 0 Å². The summed E-state index contributed by atoms with van der Waals surface area (Å²) >= 11 is 0. The zero-order valence-corrected chi connectivity index (χ0v) is 31.7. The van der Waals surface area contributed by atoms with Crippen LogP contribution < -0.4 is 0 Å². The maximum atomic E-state index is 5.39. The fourth-order valence-corrected chi connectivity index (χ4v) is 9.73. The minimum absolute atomic E-state index is 0.0616. The summed E-state index contributed by atoms with van der Waals surface area (Å²) < 4.78 is 0. The summed E-state index contributed by atoms with van der Waals surface area (Å²) in [5, 5.41) is 11.1. The quantitative estimate of drug-likeness (QED) is 0.169. The van der Waals surface area contributed by atoms with Gasteiger partial charge in [-0.3, -0.25) is 0 Å². The molecule has 11 aromatic rings. The number of aromatic nitrogens is 2. The van der Waals surface area contributed by atoms with E-state index in [-0.39, 0.29) is 5.41 Å². The van der Waals surface area contributed by atoms with Gasteiger partial charge < -0.3 is 0 Å². The van der Waals surface area contributed by atoms with Crippen molar-refractivity contribution in [3.05, 3.63) is 193 Å². The second-order valence-electron chi connectivity index (χ2n) is 16.1. The van der Waals surface area contributed by atoms with E-state index in [1.165, 1.54) is 82.2 Å². The standard InChI is InChI=1S/C55H36N2/c1-55(2)48-16-6-5-15-44(48)45-28-26-40(32-49(45)55)39-12-8-13-41(31-39)52-47-30-23-33-9-3-4-14-43(33)53(47)57-54(56-52)38-21-17-34(18-22-38)42-27-24-37-20-19-35-10-7-11-36-25-29-46(42)51(37)50(35)36/h3-32H,1-2H3. The lowest BCUT2D eigenvalue weighted by atomic mass is 9.81. The third-order valence-electron chi connectivity index (χ3n) is 12.6. The Labute approximate surface area is 331 Å². The van der Waals surface area contributed by atoms with E-state index in [2.05, 4.69) is 196 Å². The maximum Gasteiger partial charge on any atom is 0.160 e. The van der Waals surface area contributed by atoms with Crippen LogP contribution in [-0.4, -0.2) is 9.97 Å². The van der Waals surface area contributed by atoms with Gasteiger partial charge in [0.05, 0.1) is 11.2 Å². The van der Waals surface area contributed by atoms with E-state index in [1.54, 1.807) is 0 Å². The molecule has 0 saturated carbocycles. The average molecular weight is 725 g/mol. The van der Waals surface area contributed by atoms with Crippen LogP contribution in [0.5, 0.6) is 0 Å². The first-order valence-electron chi connectivity index (χ1n) is 19.8. The SMILES string of the molecule is CC1(C)c2ccccc2-c2ccc(-c3cccc(-c4nc(-c5ccc(-c6ccc7ccc8cccc9ccc6c7c89)cc5)nc5c4ccc4ccccc45)c3)cc21. The van der Waals surface area contributed by atoms with E-state index in [0.29, 0.717) is 0 Å². The van der Waals surface area contributed by atoms with Crippen LogP contribution in [0.1, 0.15) is 25.0 Å². The monoisotopic (exact) mass is 724 g/mol. The third kappa shape index (κ3) is 4.77. The Morgan fingerprint density at radius 2 is 0.947 bits per heavy atom. The van der Waals surface area contributed by atoms with Crippen LogP contribution in [0, 0.1) is 0 Å². The summed E-state index contributed by atoms with van der Waals surface area (Å²) in [6, 6.07) is 66.6. The molecule has 1 aliphatic carbocycles. The van der Waals surface area contributed by atoms with Gasteiger partial charge in [0.1, 0.15) is 0 Å². The Balaban J connectivity index is 0.988. The van der Waals surface area contributed by atoms with Crippen molar-refractivity contribution in [2.24, 2.45) is 0 Å². The molecule has 10 aromatic carbocycles. The van der Waals surface area contributed by atoms with Gasteiger partial charge in [0, 0.05) is 27.3 Å². The minimum Gasteiger partial charge on any atom is -0.227 e. The van der Waals surface area contributed by atoms with Gasteiger partial charge in [0.2, 0.25) is 0 Å². The molecule has 2 nitrogen and oxygen atoms in total. The molecule has 0 spiro atoms. The van der Waals surface area contributed by atoms with Crippen molar-refractivity contribution in [2.75, 3.05) is 0 Å². The number of fused-ring (bicyclic) bond motifs is 6. The molecule has 0 aliphatic heterocycles. The van der Waals surface area contributed by atoms with Gasteiger partial charge >= 0.3 is 0 Å². The lowest BCUT2D eigenvalue weighted by Gasteiger charge is -2.22. The summed E-state index contributed by atoms with van der Waals surface area (Å²) in [5.41, 5.74) is 14.1. The van der Waals surface area contributed by atoms with E-state index in [1.807, 2.05) is 0 Å². The second kappa shape index (κ2) is 11.9. The summed E-state index contributed by atoms with van der Waals surface area (Å²) in [6.45, 7) is 4.68. The summed E-state index contributed by atoms with van der Waals surface area (Å²) in [4.78, 5) is 10.7. The molecular formula is C55H36N2. The van der Waals surface area contributed by atoms with Crippen LogP contribution in [0.25, 0.3) is 110 Å². The van der Waals surface area contributed by atoms with Crippen molar-refractivity contribution in [2.45, 2.75) is 19.3 Å². The van der Waals surface area contributed by atoms with Crippen molar-refractivity contribution in [1.82, 2.24) is 9.97 Å². The molecular weight excluding hydrogens is 689 g/mol. The predicted molar refractivity (Wildman–Crippen MR) is 240 cm³/mol. The molecule has 0 amide bonds. The maximum absolute atomic E-state index is 5.39. The first-order valence-corrected chi connectivity index (χ1v) is 19.8. The van der Waals surface area contributed by atoms with E-state index in [0.717, 1.165) is 38.9 Å². The molecule has 1 aromatic heterocycles. The van der Waals surface area contributed by atoms with Crippen molar-refractivity contribution in [1.29, 1.82) is 0 Å². The summed E-state index contributed by atoms with van der Waals surface area (Å²) in [7, 11) is 0. The Morgan fingerprint density at radius 1 is 0.351 bits per heavy atom. The molecule has 0 radical (unpaired) electrons. The Hall–Kier alpha value is -7.16. The van der Waals surface area contributed by atoms with Crippen molar-refractivity contribution in [3.8, 4) is 56.0 Å². The molecule has 0 fully saturated rings. The van der Waals surface area contributed by atoms with Gasteiger partial charge in [0.25, 0.3) is 0 Å². The number of benzene rings is 10. The molecule has 0 N–H and O–H groups in total. The molecule has 0 unspecified atom stereocenters. The molecule has 2 heteroatoms. The molecule has 0 atom stereocenters. The van der Waals surface area contributed by atoms with Gasteiger partial charge in [-0.15, -0.1) is 0 Å². The van der Waals surface area contributed by atoms with Crippen LogP contribution in [-0.2, 0) is 5.41 Å². The van der Waals surface area contributed by atoms with Crippen molar-refractivity contribution >= 4 is 54.0 Å². The number of hydrogen-bond donors (Lipinski definition) is 0. The average Bonchev–Trinajstić information content (AvgIpc) is 3.50. The van der Waals surface area contributed by atoms with Gasteiger partial charge in [-0.05, 0) is 100 Å². The summed E-state index contributed by atoms with van der Waals surface area (Å²) in [6.07, 6.45) is 0. The van der Waals surface area contributed by atoms with Crippen molar-refractivity contribution in [3.63, 3.8) is 0 Å². The van der Waals surface area contributed by atoms with E-state index in [9.17, 15) is 0 Å². The zero-order valence-electron chi connectivity index (χ0n) is 31.7. The number of hydrogen-bond acceptors (Lipinski definition) is 2. The van der Waals surface area contributed by atoms with Gasteiger partial charge in [-0.25, -0.2) is 9.97 Å². The first kappa shape index (κ1) is 32.1. The lowest BCUT2D eigenvalue weighted by molar-refractivity contribution is 0.660. The number of rotatable bonds is 4. The minimum atomic E-state index is -0.0616. The topological polar surface area (TPSA) is 25.8 Å². The van der Waals surface area contributed by atoms with Crippen LogP contribution >= 0.6 is 0 Å². The molecule has 1 aliphatic rings. The predicted octanol–water partition coefficient (Wildman–Crippen LogP) is 14.7. The lowest BCUT2D eigenvalue weighted by Crippen LogP contribution is -2.14. The van der Waals surface area contributed by atoms with Crippen LogP contribution in [0.15, 0.2) is 182 Å². The molecule has 57 heavy (non-hydrogen) atoms. The highest BCUT2D eigenvalue weighted by atomic mass is 14.9. The molecule has 1 heterocycles. The smallest absolute Gasteiger partial charge is 0.160 e. The molecule has 0 bridgehead atoms. The van der Waals surface area contributed by atoms with Gasteiger partial charge in [0.15, 0.2) is 5.82 Å². The normalized spacial score (nSPS) is 13.2. The van der Waals surface area contributed by atoms with Crippen LogP contribution in [0.2, 0.25) is 0 Å². The first-order chi connectivity index (χ1) is 28.0. The van der Waals surface area contributed by atoms with E-state index in [4.69, 9.17) is 9.97 Å². The highest BCUT2D eigenvalue weighted by molar-refractivity contribution is 6.25. The van der Waals surface area contributed by atoms with Crippen LogP contribution in [0.3, 0.4) is 0 Å². The Morgan fingerprint density at radius 3 is 1.82 bits per heavy atom. The Bertz CT molecular complexity index is 3410. The summed E-state index contributed by atoms with van der Waals surface area (Å²) in [5.74, 6) is 0.721. The zero-order chi connectivity index (χ0) is 37.8. The fourth-order valence-electron chi connectivity index (χ4n) is 9.73. The van der Waals surface area contributed by atoms with E-state index < -0.39 is 0 Å². The van der Waals surface area contributed by atoms with Crippen molar-refractivity contribution < 1.29 is 0 Å². The molecule has 0 saturated heterocycles. The number of nitrogens with zero attached hydrogens (tertiary/aromatic N) is 2. The highest BCUT2D eigenvalue weighted by Crippen LogP contribution is 2.50. The molecule has 12 rings (SSSR count). The fraction of sp³-hybridized carbons (Fsp3) is 0.0545. The second-order valence-corrected chi connectivity index (χ2v) is 16.1. The molecule has 266 valence electrons.